The largest absolute Gasteiger partial charge is 0.469 e. The Morgan fingerprint density at radius 3 is 3.00 bits per heavy atom. The minimum Gasteiger partial charge on any atom is -0.469 e. The molecule has 0 radical (unpaired) electrons. The van der Waals surface area contributed by atoms with Gasteiger partial charge in [0, 0.05) is 18.1 Å². The Bertz CT molecular complexity index is 601. The number of methoxy groups -OCH3 is 1. The summed E-state index contributed by atoms with van der Waals surface area (Å²) in [6.45, 7) is 2.30. The molecule has 0 saturated carbocycles. The Kier molecular flexibility index (Phi) is 4.22. The molecule has 100 valence electrons. The summed E-state index contributed by atoms with van der Waals surface area (Å²) in [6.07, 6.45) is 1.72. The van der Waals surface area contributed by atoms with E-state index in [9.17, 15) is 4.79 Å². The number of anilines is 1. The van der Waals surface area contributed by atoms with Crippen LogP contribution in [0.1, 0.15) is 6.92 Å². The standard InChI is InChI=1S/C14H15ClN2O2/c1-9(14(18)19-2)8-17-12-6-5-11(15)10-4-3-7-16-13(10)12/h3-7,9,17H,8H2,1-2H3. The van der Waals surface area contributed by atoms with Crippen LogP contribution >= 0.6 is 11.6 Å². The van der Waals surface area contributed by atoms with Crippen molar-refractivity contribution >= 4 is 34.2 Å². The smallest absolute Gasteiger partial charge is 0.310 e. The van der Waals surface area contributed by atoms with Gasteiger partial charge in [-0.3, -0.25) is 9.78 Å². The van der Waals surface area contributed by atoms with E-state index in [0.29, 0.717) is 11.6 Å². The van der Waals surface area contributed by atoms with Gasteiger partial charge in [0.15, 0.2) is 0 Å². The molecule has 0 spiro atoms. The molecule has 2 aromatic rings. The van der Waals surface area contributed by atoms with Crippen molar-refractivity contribution in [2.75, 3.05) is 19.0 Å². The maximum absolute atomic E-state index is 11.4. The first-order valence-electron chi connectivity index (χ1n) is 5.98. The van der Waals surface area contributed by atoms with Gasteiger partial charge in [0.2, 0.25) is 0 Å². The van der Waals surface area contributed by atoms with Gasteiger partial charge in [0.1, 0.15) is 0 Å². The Morgan fingerprint density at radius 1 is 1.47 bits per heavy atom. The summed E-state index contributed by atoms with van der Waals surface area (Å²) in [5.41, 5.74) is 1.66. The zero-order valence-corrected chi connectivity index (χ0v) is 11.6. The summed E-state index contributed by atoms with van der Waals surface area (Å²) in [6, 6.07) is 7.44. The number of aromatic nitrogens is 1. The molecule has 0 fully saturated rings. The van der Waals surface area contributed by atoms with Crippen LogP contribution in [0.4, 0.5) is 5.69 Å². The van der Waals surface area contributed by atoms with Crippen LogP contribution < -0.4 is 5.32 Å². The molecule has 1 unspecified atom stereocenters. The molecule has 1 aromatic carbocycles. The first-order chi connectivity index (χ1) is 9.13. The molecule has 1 aromatic heterocycles. The van der Waals surface area contributed by atoms with Crippen molar-refractivity contribution in [1.82, 2.24) is 4.98 Å². The summed E-state index contributed by atoms with van der Waals surface area (Å²) >= 11 is 6.12. The van der Waals surface area contributed by atoms with Gasteiger partial charge >= 0.3 is 5.97 Å². The predicted molar refractivity (Wildman–Crippen MR) is 76.4 cm³/mol. The molecule has 5 heteroatoms. The Hall–Kier alpha value is -1.81. The monoisotopic (exact) mass is 278 g/mol. The fourth-order valence-electron chi connectivity index (χ4n) is 1.83. The summed E-state index contributed by atoms with van der Waals surface area (Å²) in [4.78, 5) is 15.7. The number of pyridine rings is 1. The predicted octanol–water partition coefficient (Wildman–Crippen LogP) is 3.11. The number of nitrogens with zero attached hydrogens (tertiary/aromatic N) is 1. The molecule has 2 rings (SSSR count). The molecule has 0 amide bonds. The number of rotatable bonds is 4. The van der Waals surface area contributed by atoms with Crippen LogP contribution in [0.15, 0.2) is 30.5 Å². The van der Waals surface area contributed by atoms with Gasteiger partial charge in [-0.1, -0.05) is 18.5 Å². The summed E-state index contributed by atoms with van der Waals surface area (Å²) in [5, 5.41) is 4.76. The normalized spacial score (nSPS) is 12.2. The number of hydrogen-bond acceptors (Lipinski definition) is 4. The topological polar surface area (TPSA) is 51.2 Å². The van der Waals surface area contributed by atoms with E-state index >= 15 is 0 Å². The number of nitrogens with one attached hydrogen (secondary N) is 1. The van der Waals surface area contributed by atoms with Crippen molar-refractivity contribution in [1.29, 1.82) is 0 Å². The third-order valence-corrected chi connectivity index (χ3v) is 3.25. The molecule has 1 N–H and O–H groups in total. The Labute approximate surface area is 116 Å². The molecule has 4 nitrogen and oxygen atoms in total. The van der Waals surface area contributed by atoms with Crippen LogP contribution in [0.25, 0.3) is 10.9 Å². The van der Waals surface area contributed by atoms with Gasteiger partial charge in [-0.2, -0.15) is 0 Å². The van der Waals surface area contributed by atoms with Gasteiger partial charge in [-0.25, -0.2) is 0 Å². The minimum absolute atomic E-state index is 0.223. The van der Waals surface area contributed by atoms with Crippen molar-refractivity contribution in [2.45, 2.75) is 6.92 Å². The average Bonchev–Trinajstić information content (AvgIpc) is 2.45. The highest BCUT2D eigenvalue weighted by atomic mass is 35.5. The third-order valence-electron chi connectivity index (χ3n) is 2.92. The second-order valence-electron chi connectivity index (χ2n) is 4.30. The number of carbonyl (C=O) groups is 1. The highest BCUT2D eigenvalue weighted by Gasteiger charge is 2.13. The van der Waals surface area contributed by atoms with E-state index in [0.717, 1.165) is 16.6 Å². The second-order valence-corrected chi connectivity index (χ2v) is 4.71. The average molecular weight is 279 g/mol. The van der Waals surface area contributed by atoms with Crippen LogP contribution in [0, 0.1) is 5.92 Å². The molecule has 19 heavy (non-hydrogen) atoms. The molecule has 0 aliphatic rings. The minimum atomic E-state index is -0.237. The van der Waals surface area contributed by atoms with Crippen molar-refractivity contribution in [3.05, 3.63) is 35.5 Å². The summed E-state index contributed by atoms with van der Waals surface area (Å²) in [5.74, 6) is -0.460. The summed E-state index contributed by atoms with van der Waals surface area (Å²) < 4.78 is 4.69. The first-order valence-corrected chi connectivity index (χ1v) is 6.36. The van der Waals surface area contributed by atoms with E-state index < -0.39 is 0 Å². The first kappa shape index (κ1) is 13.6. The molecule has 0 bridgehead atoms. The molecule has 0 saturated heterocycles. The van der Waals surface area contributed by atoms with Gasteiger partial charge in [-0.05, 0) is 24.3 Å². The molecule has 1 atom stereocenters. The van der Waals surface area contributed by atoms with Crippen molar-refractivity contribution < 1.29 is 9.53 Å². The van der Waals surface area contributed by atoms with Gasteiger partial charge < -0.3 is 10.1 Å². The van der Waals surface area contributed by atoms with Crippen molar-refractivity contribution in [3.63, 3.8) is 0 Å². The van der Waals surface area contributed by atoms with E-state index in [-0.39, 0.29) is 11.9 Å². The highest BCUT2D eigenvalue weighted by molar-refractivity contribution is 6.35. The molecule has 0 aliphatic carbocycles. The lowest BCUT2D eigenvalue weighted by atomic mass is 10.1. The Morgan fingerprint density at radius 2 is 2.26 bits per heavy atom. The van der Waals surface area contributed by atoms with Crippen LogP contribution in [-0.2, 0) is 9.53 Å². The van der Waals surface area contributed by atoms with E-state index in [2.05, 4.69) is 10.3 Å². The third kappa shape index (κ3) is 2.96. The number of esters is 1. The van der Waals surface area contributed by atoms with E-state index in [4.69, 9.17) is 16.3 Å². The van der Waals surface area contributed by atoms with Crippen LogP contribution in [0.5, 0.6) is 0 Å². The lowest BCUT2D eigenvalue weighted by molar-refractivity contribution is -0.144. The molecular formula is C14H15ClN2O2. The zero-order valence-electron chi connectivity index (χ0n) is 10.8. The number of ether oxygens (including phenoxy) is 1. The maximum Gasteiger partial charge on any atom is 0.310 e. The van der Waals surface area contributed by atoms with Gasteiger partial charge in [0.25, 0.3) is 0 Å². The molecule has 1 heterocycles. The van der Waals surface area contributed by atoms with E-state index in [1.807, 2.05) is 31.2 Å². The number of fused-ring (bicyclic) bond motifs is 1. The SMILES string of the molecule is COC(=O)C(C)CNc1ccc(Cl)c2cccnc12. The zero-order chi connectivity index (χ0) is 13.8. The second kappa shape index (κ2) is 5.89. The van der Waals surface area contributed by atoms with Crippen LogP contribution in [0.2, 0.25) is 5.02 Å². The number of hydrogen-bond donors (Lipinski definition) is 1. The molecular weight excluding hydrogens is 264 g/mol. The van der Waals surface area contributed by atoms with Gasteiger partial charge in [0.05, 0.1) is 29.3 Å². The highest BCUT2D eigenvalue weighted by Crippen LogP contribution is 2.28. The number of benzene rings is 1. The van der Waals surface area contributed by atoms with Crippen LogP contribution in [-0.4, -0.2) is 24.6 Å². The van der Waals surface area contributed by atoms with Crippen LogP contribution in [0.3, 0.4) is 0 Å². The summed E-state index contributed by atoms with van der Waals surface area (Å²) in [7, 11) is 1.39. The lowest BCUT2D eigenvalue weighted by Crippen LogP contribution is -2.21. The van der Waals surface area contributed by atoms with Gasteiger partial charge in [-0.15, -0.1) is 0 Å². The van der Waals surface area contributed by atoms with Crippen molar-refractivity contribution in [3.8, 4) is 0 Å². The van der Waals surface area contributed by atoms with E-state index in [1.165, 1.54) is 7.11 Å². The number of halogens is 1. The number of carbonyl (C=O) groups excluding carboxylic acids is 1. The molecule has 0 aliphatic heterocycles. The lowest BCUT2D eigenvalue weighted by Gasteiger charge is -2.13. The fraction of sp³-hybridized carbons (Fsp3) is 0.286. The van der Waals surface area contributed by atoms with Crippen molar-refractivity contribution in [2.24, 2.45) is 5.92 Å². The maximum atomic E-state index is 11.4. The quantitative estimate of drug-likeness (QED) is 0.873. The fourth-order valence-corrected chi connectivity index (χ4v) is 2.04. The Balaban J connectivity index is 2.22. The van der Waals surface area contributed by atoms with E-state index in [1.54, 1.807) is 6.20 Å².